The van der Waals surface area contributed by atoms with Crippen LogP contribution in [0.1, 0.15) is 27.2 Å². The van der Waals surface area contributed by atoms with Crippen LogP contribution in [-0.2, 0) is 6.18 Å². The quantitative estimate of drug-likeness (QED) is 0.187. The van der Waals surface area contributed by atoms with E-state index >= 15 is 0 Å². The van der Waals surface area contributed by atoms with Crippen molar-refractivity contribution in [1.29, 1.82) is 0 Å². The molecule has 0 N–H and O–H groups in total. The van der Waals surface area contributed by atoms with E-state index in [9.17, 15) is 22.8 Å². The second-order valence-electron chi connectivity index (χ2n) is 8.18. The van der Waals surface area contributed by atoms with Crippen LogP contribution in [0, 0.1) is 13.8 Å². The summed E-state index contributed by atoms with van der Waals surface area (Å²) in [6, 6.07) is 10.6. The molecular weight excluding hydrogens is 529 g/mol. The molecule has 0 aliphatic rings. The molecule has 0 spiro atoms. The molecule has 0 atom stereocenters. The number of carbonyl (C=O) groups excluding carboxylic acids is 1. The van der Waals surface area contributed by atoms with Gasteiger partial charge in [-0.3, -0.25) is 4.79 Å². The first-order valence-corrected chi connectivity index (χ1v) is 11.4. The van der Waals surface area contributed by atoms with Crippen molar-refractivity contribution >= 4 is 28.5 Å². The highest BCUT2D eigenvalue weighted by molar-refractivity contribution is 6.32. The monoisotopic (exact) mass is 548 g/mol. The molecule has 1 heterocycles. The Hall–Kier alpha value is -4.18. The van der Waals surface area contributed by atoms with E-state index < -0.39 is 34.7 Å². The predicted molar refractivity (Wildman–Crippen MR) is 133 cm³/mol. The molecule has 38 heavy (non-hydrogen) atoms. The number of fused-ring (bicyclic) bond motifs is 1. The minimum absolute atomic E-state index is 0.0120. The van der Waals surface area contributed by atoms with Crippen LogP contribution < -0.4 is 24.4 Å². The SMILES string of the molecule is COc1ccc(C(=O)Oc2ccc3c(=O)c(Oc4cc(C)c(Cl)c(C)c4)c(C(F)(F)F)oc3c2)cc1OC. The molecule has 0 unspecified atom stereocenters. The Bertz CT molecular complexity index is 1590. The van der Waals surface area contributed by atoms with E-state index in [1.165, 1.54) is 56.7 Å². The van der Waals surface area contributed by atoms with Crippen molar-refractivity contribution in [1.82, 2.24) is 0 Å². The van der Waals surface area contributed by atoms with Crippen LogP contribution >= 0.6 is 11.6 Å². The molecule has 0 radical (unpaired) electrons. The zero-order chi connectivity index (χ0) is 27.8. The molecular formula is C27H20ClF3O7. The Morgan fingerprint density at radius 3 is 2.16 bits per heavy atom. The fraction of sp³-hybridized carbons (Fsp3) is 0.185. The van der Waals surface area contributed by atoms with Gasteiger partial charge in [0.05, 0.1) is 25.2 Å². The van der Waals surface area contributed by atoms with Crippen LogP contribution in [0.5, 0.6) is 28.7 Å². The summed E-state index contributed by atoms with van der Waals surface area (Å²) in [4.78, 5) is 25.7. The maximum absolute atomic E-state index is 13.9. The third-order valence-electron chi connectivity index (χ3n) is 5.54. The van der Waals surface area contributed by atoms with E-state index in [-0.39, 0.29) is 28.2 Å². The third-order valence-corrected chi connectivity index (χ3v) is 6.14. The molecule has 11 heteroatoms. The Labute approximate surface area is 219 Å². The van der Waals surface area contributed by atoms with Gasteiger partial charge in [-0.25, -0.2) is 4.79 Å². The van der Waals surface area contributed by atoms with E-state index in [0.29, 0.717) is 21.9 Å². The van der Waals surface area contributed by atoms with Crippen LogP contribution in [0.4, 0.5) is 13.2 Å². The van der Waals surface area contributed by atoms with Gasteiger partial charge in [-0.2, -0.15) is 13.2 Å². The van der Waals surface area contributed by atoms with E-state index in [1.807, 2.05) is 0 Å². The van der Waals surface area contributed by atoms with Gasteiger partial charge in [-0.1, -0.05) is 11.6 Å². The van der Waals surface area contributed by atoms with Gasteiger partial charge in [0.2, 0.25) is 11.2 Å². The van der Waals surface area contributed by atoms with Crippen molar-refractivity contribution in [3.63, 3.8) is 0 Å². The van der Waals surface area contributed by atoms with Crippen LogP contribution in [0.2, 0.25) is 5.02 Å². The normalized spacial score (nSPS) is 11.4. The van der Waals surface area contributed by atoms with E-state index in [2.05, 4.69) is 0 Å². The lowest BCUT2D eigenvalue weighted by Crippen LogP contribution is -2.16. The number of methoxy groups -OCH3 is 2. The Morgan fingerprint density at radius 1 is 0.895 bits per heavy atom. The van der Waals surface area contributed by atoms with Crippen molar-refractivity contribution < 1.29 is 41.3 Å². The number of alkyl halides is 3. The zero-order valence-electron chi connectivity index (χ0n) is 20.5. The molecule has 0 fully saturated rings. The first kappa shape index (κ1) is 26.9. The standard InChI is InChI=1S/C27H20ClF3O7/c1-13-9-17(10-14(2)22(13)28)36-24-23(32)18-7-6-16(12-20(18)38-25(24)27(29,30)31)37-26(33)15-5-8-19(34-3)21(11-15)35-4/h5-12H,1-4H3. The van der Waals surface area contributed by atoms with Gasteiger partial charge in [0.1, 0.15) is 17.1 Å². The van der Waals surface area contributed by atoms with Gasteiger partial charge in [0, 0.05) is 11.1 Å². The van der Waals surface area contributed by atoms with Crippen molar-refractivity contribution in [3.8, 4) is 28.7 Å². The minimum atomic E-state index is -5.06. The lowest BCUT2D eigenvalue weighted by Gasteiger charge is -2.15. The maximum atomic E-state index is 13.9. The van der Waals surface area contributed by atoms with Crippen LogP contribution in [-0.4, -0.2) is 20.2 Å². The van der Waals surface area contributed by atoms with Crippen LogP contribution in [0.25, 0.3) is 11.0 Å². The summed E-state index contributed by atoms with van der Waals surface area (Å²) in [6.45, 7) is 3.31. The van der Waals surface area contributed by atoms with Gasteiger partial charge in [0.25, 0.3) is 5.76 Å². The number of halogens is 4. The molecule has 4 rings (SSSR count). The lowest BCUT2D eigenvalue weighted by molar-refractivity contribution is -0.154. The summed E-state index contributed by atoms with van der Waals surface area (Å²) in [7, 11) is 2.83. The number of aryl methyl sites for hydroxylation is 2. The predicted octanol–water partition coefficient (Wildman–Crippen LogP) is 7.11. The summed E-state index contributed by atoms with van der Waals surface area (Å²) >= 11 is 6.12. The smallest absolute Gasteiger partial charge is 0.453 e. The highest BCUT2D eigenvalue weighted by Gasteiger charge is 2.40. The lowest BCUT2D eigenvalue weighted by atomic mass is 10.1. The summed E-state index contributed by atoms with van der Waals surface area (Å²) in [5.41, 5.74) is -0.294. The molecule has 1 aromatic heterocycles. The molecule has 0 amide bonds. The van der Waals surface area contributed by atoms with Crippen molar-refractivity contribution in [3.05, 3.63) is 86.2 Å². The van der Waals surface area contributed by atoms with Gasteiger partial charge in [0.15, 0.2) is 11.5 Å². The summed E-state index contributed by atoms with van der Waals surface area (Å²) in [6.07, 6.45) is -5.06. The molecule has 7 nitrogen and oxygen atoms in total. The molecule has 4 aromatic rings. The average Bonchev–Trinajstić information content (AvgIpc) is 2.87. The molecule has 0 bridgehead atoms. The Morgan fingerprint density at radius 2 is 1.55 bits per heavy atom. The van der Waals surface area contributed by atoms with E-state index in [4.69, 9.17) is 35.0 Å². The van der Waals surface area contributed by atoms with Crippen molar-refractivity contribution in [2.24, 2.45) is 0 Å². The Balaban J connectivity index is 1.73. The maximum Gasteiger partial charge on any atom is 0.453 e. The highest BCUT2D eigenvalue weighted by Crippen LogP contribution is 2.39. The minimum Gasteiger partial charge on any atom is -0.493 e. The van der Waals surface area contributed by atoms with E-state index in [1.54, 1.807) is 13.8 Å². The second-order valence-corrected chi connectivity index (χ2v) is 8.56. The first-order valence-electron chi connectivity index (χ1n) is 11.0. The molecule has 198 valence electrons. The van der Waals surface area contributed by atoms with Gasteiger partial charge >= 0.3 is 12.1 Å². The van der Waals surface area contributed by atoms with Gasteiger partial charge < -0.3 is 23.4 Å². The second kappa shape index (κ2) is 10.3. The number of esters is 1. The number of ether oxygens (including phenoxy) is 4. The number of hydrogen-bond acceptors (Lipinski definition) is 7. The fourth-order valence-corrected chi connectivity index (χ4v) is 3.82. The number of carbonyl (C=O) groups is 1. The number of rotatable bonds is 6. The van der Waals surface area contributed by atoms with Crippen LogP contribution in [0.3, 0.4) is 0 Å². The molecule has 0 saturated heterocycles. The largest absolute Gasteiger partial charge is 0.493 e. The Kier molecular flexibility index (Phi) is 7.28. The van der Waals surface area contributed by atoms with Gasteiger partial charge in [-0.05, 0) is 67.4 Å². The number of hydrogen-bond donors (Lipinski definition) is 0. The third kappa shape index (κ3) is 5.26. The molecule has 0 aliphatic heterocycles. The van der Waals surface area contributed by atoms with Crippen molar-refractivity contribution in [2.75, 3.05) is 14.2 Å². The van der Waals surface area contributed by atoms with Crippen LogP contribution in [0.15, 0.2) is 57.7 Å². The fourth-order valence-electron chi connectivity index (χ4n) is 3.71. The molecule has 0 saturated carbocycles. The topological polar surface area (TPSA) is 84.2 Å². The number of benzene rings is 3. The van der Waals surface area contributed by atoms with Gasteiger partial charge in [-0.15, -0.1) is 0 Å². The molecule has 0 aliphatic carbocycles. The van der Waals surface area contributed by atoms with Crippen molar-refractivity contribution in [2.45, 2.75) is 20.0 Å². The summed E-state index contributed by atoms with van der Waals surface area (Å²) < 4.78 is 67.8. The first-order chi connectivity index (χ1) is 17.9. The van der Waals surface area contributed by atoms with E-state index in [0.717, 1.165) is 6.07 Å². The molecule has 3 aromatic carbocycles. The average molecular weight is 549 g/mol. The highest BCUT2D eigenvalue weighted by atomic mass is 35.5. The summed E-state index contributed by atoms with van der Waals surface area (Å²) in [5, 5.41) is 0.218. The zero-order valence-corrected chi connectivity index (χ0v) is 21.2. The summed E-state index contributed by atoms with van der Waals surface area (Å²) in [5.74, 6) is -2.98.